The zero-order valence-corrected chi connectivity index (χ0v) is 39.0. The largest absolute Gasteiger partial charge is 0.481 e. The fraction of sp³-hybridized carbons (Fsp3) is 0.512. The third-order valence-corrected chi connectivity index (χ3v) is 16.1. The van der Waals surface area contributed by atoms with Gasteiger partial charge in [0.15, 0.2) is 5.71 Å². The van der Waals surface area contributed by atoms with Crippen LogP contribution in [0.5, 0.6) is 0 Å². The van der Waals surface area contributed by atoms with Crippen LogP contribution in [0, 0.1) is 0 Å². The first-order valence-electron chi connectivity index (χ1n) is 19.8. The quantitative estimate of drug-likeness (QED) is 0.0428. The smallest absolute Gasteiger partial charge is 0.303 e. The van der Waals surface area contributed by atoms with Gasteiger partial charge in [-0.3, -0.25) is 21.9 Å². The van der Waals surface area contributed by atoms with Gasteiger partial charge >= 0.3 is 5.97 Å². The zero-order valence-electron chi connectivity index (χ0n) is 35.8. The van der Waals surface area contributed by atoms with E-state index in [0.29, 0.717) is 73.6 Å². The highest BCUT2D eigenvalue weighted by Gasteiger charge is 2.48. The molecule has 2 aromatic rings. The van der Waals surface area contributed by atoms with Crippen LogP contribution in [0.1, 0.15) is 76.3 Å². The van der Waals surface area contributed by atoms with Crippen molar-refractivity contribution >= 4 is 63.5 Å². The molecule has 2 aliphatic rings. The fourth-order valence-corrected chi connectivity index (χ4v) is 10.6. The van der Waals surface area contributed by atoms with Crippen LogP contribution in [0.2, 0.25) is 0 Å². The number of carbonyl (C=O) groups is 1. The summed E-state index contributed by atoms with van der Waals surface area (Å²) in [5.41, 5.74) is 2.13. The third-order valence-electron chi connectivity index (χ3n) is 11.4. The van der Waals surface area contributed by atoms with E-state index in [0.717, 1.165) is 27.0 Å². The van der Waals surface area contributed by atoms with Crippen molar-refractivity contribution in [2.24, 2.45) is 0 Å². The van der Waals surface area contributed by atoms with Gasteiger partial charge in [0.1, 0.15) is 6.54 Å². The van der Waals surface area contributed by atoms with E-state index in [1.54, 1.807) is 43.5 Å². The van der Waals surface area contributed by atoms with Gasteiger partial charge in [0.25, 0.3) is 40.5 Å². The van der Waals surface area contributed by atoms with Crippen molar-refractivity contribution in [3.8, 4) is 0 Å². The number of allylic oxidation sites excluding steroid dienone is 6. The van der Waals surface area contributed by atoms with Gasteiger partial charge in [-0.2, -0.15) is 38.2 Å². The van der Waals surface area contributed by atoms with Crippen LogP contribution in [-0.2, 0) is 73.4 Å². The van der Waals surface area contributed by atoms with Crippen LogP contribution in [0.3, 0.4) is 0 Å². The van der Waals surface area contributed by atoms with Crippen molar-refractivity contribution in [3.05, 3.63) is 83.6 Å². The molecule has 0 radical (unpaired) electrons. The van der Waals surface area contributed by atoms with Crippen molar-refractivity contribution in [2.45, 2.75) is 85.8 Å². The molecule has 62 heavy (non-hydrogen) atoms. The van der Waals surface area contributed by atoms with Crippen LogP contribution in [0.15, 0.2) is 82.3 Å². The maximum absolute atomic E-state index is 12.8. The van der Waals surface area contributed by atoms with Gasteiger partial charge in [-0.25, -0.2) is 0 Å². The maximum atomic E-state index is 12.8. The van der Waals surface area contributed by atoms with Gasteiger partial charge in [0, 0.05) is 61.0 Å². The highest BCUT2D eigenvalue weighted by molar-refractivity contribution is 7.87. The van der Waals surface area contributed by atoms with Gasteiger partial charge in [0.05, 0.1) is 54.6 Å². The molecule has 0 spiro atoms. The van der Waals surface area contributed by atoms with E-state index < -0.39 is 57.3 Å². The Hall–Kier alpha value is -3.80. The molecule has 0 aliphatic carbocycles. The standard InChI is InChI=1S/C41H56N2O15S4/c1-40(22-13-27-59(46,47)56-4)33-29-31(61(50,51)52)18-20-35(33)42(24-12-8-11-17-39(44)45)37(40)15-9-7-10-16-38-41(2,23-14-28-60(48,49)57-5)34-30-32(62(53,54)58-6)19-21-36(34)43(38)25-26-55-3/h7,9-10,15-16,18-21,29-30H,8,11-14,17,22-28H2,1-6H3,(H-,44,45,50,51,52)/p+1. The number of hydrogen-bond donors (Lipinski definition) is 2. The van der Waals surface area contributed by atoms with Crippen molar-refractivity contribution in [1.29, 1.82) is 0 Å². The lowest BCUT2D eigenvalue weighted by molar-refractivity contribution is -0.438. The molecule has 0 saturated carbocycles. The van der Waals surface area contributed by atoms with E-state index >= 15 is 0 Å². The molecule has 4 rings (SSSR count). The maximum Gasteiger partial charge on any atom is 0.303 e. The second-order valence-corrected chi connectivity index (χ2v) is 22.2. The Kier molecular flexibility index (Phi) is 17.1. The summed E-state index contributed by atoms with van der Waals surface area (Å²) in [5, 5.41) is 9.16. The number of fused-ring (bicyclic) bond motifs is 2. The first-order valence-corrected chi connectivity index (χ1v) is 25.8. The Morgan fingerprint density at radius 2 is 1.35 bits per heavy atom. The number of nitrogens with zero attached hydrogens (tertiary/aromatic N) is 2. The Bertz CT molecular complexity index is 2550. The number of benzene rings is 2. The minimum Gasteiger partial charge on any atom is -0.481 e. The number of rotatable bonds is 25. The number of ether oxygens (including phenoxy) is 1. The van der Waals surface area contributed by atoms with Crippen LogP contribution < -0.4 is 4.90 Å². The van der Waals surface area contributed by atoms with Gasteiger partial charge in [-0.15, -0.1) is 0 Å². The van der Waals surface area contributed by atoms with E-state index in [1.165, 1.54) is 18.2 Å². The second kappa shape index (κ2) is 20.8. The van der Waals surface area contributed by atoms with Crippen molar-refractivity contribution in [1.82, 2.24) is 0 Å². The first-order chi connectivity index (χ1) is 29.0. The van der Waals surface area contributed by atoms with Gasteiger partial charge in [-0.1, -0.05) is 18.2 Å². The Morgan fingerprint density at radius 3 is 1.94 bits per heavy atom. The molecular formula is C41H57N2O15S4+. The summed E-state index contributed by atoms with van der Waals surface area (Å²) >= 11 is 0. The molecule has 0 fully saturated rings. The van der Waals surface area contributed by atoms with Crippen LogP contribution in [0.25, 0.3) is 0 Å². The number of hydrogen-bond acceptors (Lipinski definition) is 14. The van der Waals surface area contributed by atoms with E-state index in [-0.39, 0.29) is 47.0 Å². The Morgan fingerprint density at radius 1 is 0.742 bits per heavy atom. The van der Waals surface area contributed by atoms with Crippen molar-refractivity contribution < 1.29 is 70.0 Å². The molecule has 2 atom stereocenters. The summed E-state index contributed by atoms with van der Waals surface area (Å²) in [6.07, 6.45) is 11.5. The van der Waals surface area contributed by atoms with E-state index in [4.69, 9.17) is 14.0 Å². The molecule has 0 bridgehead atoms. The molecule has 0 saturated heterocycles. The summed E-state index contributed by atoms with van der Waals surface area (Å²) in [7, 11) is -11.5. The lowest BCUT2D eigenvalue weighted by Gasteiger charge is -2.30. The van der Waals surface area contributed by atoms with Gasteiger partial charge in [-0.05, 0) is 94.3 Å². The molecule has 2 aromatic carbocycles. The summed E-state index contributed by atoms with van der Waals surface area (Å²) in [5.74, 6) is -1.48. The van der Waals surface area contributed by atoms with E-state index in [1.807, 2.05) is 35.5 Å². The molecule has 2 heterocycles. The number of aliphatic carboxylic acids is 1. The summed E-state index contributed by atoms with van der Waals surface area (Å²) in [6.45, 7) is 4.88. The van der Waals surface area contributed by atoms with Crippen LogP contribution in [0.4, 0.5) is 11.4 Å². The lowest BCUT2D eigenvalue weighted by Crippen LogP contribution is -2.32. The third kappa shape index (κ3) is 12.1. The van der Waals surface area contributed by atoms with E-state index in [9.17, 15) is 43.0 Å². The predicted molar refractivity (Wildman–Crippen MR) is 233 cm³/mol. The Labute approximate surface area is 365 Å². The summed E-state index contributed by atoms with van der Waals surface area (Å²) < 4.78 is 131. The molecule has 2 N–H and O–H groups in total. The van der Waals surface area contributed by atoms with Crippen molar-refractivity contribution in [3.63, 3.8) is 0 Å². The summed E-state index contributed by atoms with van der Waals surface area (Å²) in [6, 6.07) is 8.95. The van der Waals surface area contributed by atoms with Crippen molar-refractivity contribution in [2.75, 3.05) is 64.5 Å². The number of carboxylic acid groups (broad SMARTS) is 1. The minimum atomic E-state index is -4.61. The minimum absolute atomic E-state index is 0.00344. The Balaban J connectivity index is 1.84. The SMILES string of the molecule is COCCN1/C(=C/C=C/C=C/C2=[N+](CCCCCC(=O)O)c3ccc(S(=O)(=O)O)cc3C2(C)CCCS(=O)(=O)OC)C(C)(CCCS(=O)(=O)OC)c2cc(S(=O)(=O)OC)ccc21. The molecule has 17 nitrogen and oxygen atoms in total. The van der Waals surface area contributed by atoms with E-state index in [2.05, 4.69) is 8.37 Å². The fourth-order valence-electron chi connectivity index (χ4n) is 8.12. The molecule has 344 valence electrons. The molecule has 0 aromatic heterocycles. The lowest BCUT2D eigenvalue weighted by atomic mass is 9.76. The first kappa shape index (κ1) is 50.8. The molecule has 2 unspecified atom stereocenters. The highest BCUT2D eigenvalue weighted by atomic mass is 32.2. The van der Waals surface area contributed by atoms with Crippen LogP contribution in [-0.4, -0.2) is 119 Å². The number of methoxy groups -OCH3 is 1. The summed E-state index contributed by atoms with van der Waals surface area (Å²) in [4.78, 5) is 12.8. The average molecular weight is 946 g/mol. The number of anilines is 1. The monoisotopic (exact) mass is 945 g/mol. The highest BCUT2D eigenvalue weighted by Crippen LogP contribution is 2.51. The van der Waals surface area contributed by atoms with Gasteiger partial charge in [0.2, 0.25) is 5.69 Å². The zero-order chi connectivity index (χ0) is 46.1. The molecular weight excluding hydrogens is 889 g/mol. The number of unbranched alkanes of at least 4 members (excludes halogenated alkanes) is 2. The predicted octanol–water partition coefficient (Wildman–Crippen LogP) is 5.20. The molecule has 21 heteroatoms. The average Bonchev–Trinajstić information content (AvgIpc) is 3.58. The number of carboxylic acids is 1. The van der Waals surface area contributed by atoms with Crippen LogP contribution >= 0.6 is 0 Å². The second-order valence-electron chi connectivity index (χ2n) is 15.4. The normalized spacial score (nSPS) is 20.2. The molecule has 0 amide bonds. The molecule has 2 aliphatic heterocycles. The topological polar surface area (TPSA) is 237 Å². The van der Waals surface area contributed by atoms with Gasteiger partial charge < -0.3 is 14.7 Å².